The van der Waals surface area contributed by atoms with Crippen LogP contribution in [0.15, 0.2) is 303 Å². The van der Waals surface area contributed by atoms with E-state index in [4.69, 9.17) is 0 Å². The molecule has 4 aliphatic rings. The third-order valence-electron chi connectivity index (χ3n) is 25.2. The molecule has 1 spiro atoms. The molecule has 0 saturated heterocycles. The highest BCUT2D eigenvalue weighted by Gasteiger charge is 2.57. The number of hydrogen-bond donors (Lipinski definition) is 0. The van der Waals surface area contributed by atoms with Crippen molar-refractivity contribution >= 4 is 136 Å². The molecule has 512 valence electrons. The zero-order valence-corrected chi connectivity index (χ0v) is 63.6. The van der Waals surface area contributed by atoms with Crippen LogP contribution in [0.2, 0.25) is 0 Å². The molecular weight excluding hydrogens is 1280 g/mol. The zero-order chi connectivity index (χ0) is 72.9. The molecule has 0 amide bonds. The van der Waals surface area contributed by atoms with E-state index in [2.05, 4.69) is 396 Å². The number of hydrogen-bond acceptors (Lipinski definition) is 0. The Hall–Kier alpha value is -11.1. The van der Waals surface area contributed by atoms with Gasteiger partial charge in [-0.3, -0.25) is 0 Å². The van der Waals surface area contributed by atoms with Crippen LogP contribution in [0.3, 0.4) is 0 Å². The van der Waals surface area contributed by atoms with Crippen LogP contribution in [-0.2, 0) is 27.1 Å². The summed E-state index contributed by atoms with van der Waals surface area (Å²) in [5.74, 6) is 0. The highest BCUT2D eigenvalue weighted by molar-refractivity contribution is 7.12. The monoisotopic (exact) mass is 1370 g/mol. The number of rotatable bonds is 6. The van der Waals surface area contributed by atoms with E-state index in [1.165, 1.54) is 176 Å². The molecule has 16 aromatic rings. The summed E-state index contributed by atoms with van der Waals surface area (Å²) in [6.45, 7) is 27.9. The van der Waals surface area contributed by atoms with Gasteiger partial charge in [0.15, 0.2) is 0 Å². The second kappa shape index (κ2) is 23.5. The summed E-state index contributed by atoms with van der Waals surface area (Å²) in [5.41, 5.74) is 38.2. The van der Waals surface area contributed by atoms with Gasteiger partial charge in [0, 0.05) is 32.9 Å². The second-order valence-corrected chi connectivity index (χ2v) is 35.4. The van der Waals surface area contributed by atoms with Crippen molar-refractivity contribution in [3.05, 3.63) is 348 Å². The minimum atomic E-state index is -0.800. The van der Waals surface area contributed by atoms with Crippen LogP contribution >= 0.6 is 0 Å². The van der Waals surface area contributed by atoms with Gasteiger partial charge in [0.05, 0.1) is 27.5 Å². The maximum atomic E-state index is 2.65. The van der Waals surface area contributed by atoms with Gasteiger partial charge in [-0.05, 0) is 161 Å². The average Bonchev–Trinajstić information content (AvgIpc) is 1.49. The number of nitrogens with zero attached hydrogens (tertiary/aromatic N) is 2. The molecule has 2 aliphatic carbocycles. The Labute approximate surface area is 632 Å². The van der Waals surface area contributed by atoms with Crippen molar-refractivity contribution in [3.8, 4) is 33.6 Å². The summed E-state index contributed by atoms with van der Waals surface area (Å²) in [4.78, 5) is 0. The second-order valence-electron chi connectivity index (χ2n) is 35.4. The molecular formula is C101H86B4N2. The van der Waals surface area contributed by atoms with Crippen LogP contribution in [0.25, 0.3) is 77.2 Å². The quantitative estimate of drug-likeness (QED) is 0.147. The van der Waals surface area contributed by atoms with Crippen LogP contribution in [0, 0.1) is 0 Å². The van der Waals surface area contributed by atoms with Crippen LogP contribution in [0.5, 0.6) is 0 Å². The molecule has 0 unspecified atom stereocenters. The lowest BCUT2D eigenvalue weighted by molar-refractivity contribution is 0.590. The molecule has 0 N–H and O–H groups in total. The molecule has 2 aliphatic heterocycles. The summed E-state index contributed by atoms with van der Waals surface area (Å²) in [7, 11) is 0. The van der Waals surface area contributed by atoms with Crippen molar-refractivity contribution in [3.63, 3.8) is 0 Å². The standard InChI is InChI=1S/C101H86B4N2/c1-97(2,3)63-41-53-89-73(57-63)74-58-64(98(4,5)6)42-54-90(74)106(89)71-45-47-79-77(61-71)93-81(49-51-87-95(93)104(69-33-21-15-22-34-69)85-39-27-25-37-83(85)102(87)67-29-17-13-18-30-67)101(79)80-48-46-72(107-91-55-43-65(99(7,8)9)59-75(91)76-60-66(100(10,11)12)44-56-92(76)107)62-78(80)94-82(101)50-52-88-96(94)105(70-35-23-16-24-36-70)86-40-28-26-38-84(86)103(88)68-31-19-14-20-32-68/h13-62H,1-12H3. The molecule has 0 fully saturated rings. The highest BCUT2D eigenvalue weighted by atomic mass is 15.0. The van der Waals surface area contributed by atoms with Crippen molar-refractivity contribution in [2.75, 3.05) is 0 Å². The van der Waals surface area contributed by atoms with E-state index in [0.29, 0.717) is 0 Å². The van der Waals surface area contributed by atoms with Gasteiger partial charge in [-0.25, -0.2) is 0 Å². The van der Waals surface area contributed by atoms with Crippen molar-refractivity contribution in [2.45, 2.75) is 110 Å². The van der Waals surface area contributed by atoms with Crippen molar-refractivity contribution in [1.29, 1.82) is 0 Å². The van der Waals surface area contributed by atoms with Crippen LogP contribution in [-0.4, -0.2) is 36.0 Å². The first-order valence-corrected chi connectivity index (χ1v) is 38.9. The molecule has 4 heterocycles. The summed E-state index contributed by atoms with van der Waals surface area (Å²) < 4.78 is 5.21. The van der Waals surface area contributed by atoms with Gasteiger partial charge in [0.25, 0.3) is 0 Å². The molecule has 2 nitrogen and oxygen atoms in total. The lowest BCUT2D eigenvalue weighted by Crippen LogP contribution is -2.75. The van der Waals surface area contributed by atoms with E-state index in [9.17, 15) is 0 Å². The Morgan fingerprint density at radius 2 is 0.495 bits per heavy atom. The molecule has 14 aromatic carbocycles. The Kier molecular flexibility index (Phi) is 14.4. The highest BCUT2D eigenvalue weighted by Crippen LogP contribution is 2.63. The Balaban J connectivity index is 0.956. The molecule has 0 atom stereocenters. The first-order valence-electron chi connectivity index (χ1n) is 38.9. The van der Waals surface area contributed by atoms with Gasteiger partial charge in [0.2, 0.25) is 26.9 Å². The molecule has 2 aromatic heterocycles. The van der Waals surface area contributed by atoms with Gasteiger partial charge >= 0.3 is 0 Å². The third kappa shape index (κ3) is 9.69. The molecule has 0 bridgehead atoms. The van der Waals surface area contributed by atoms with Gasteiger partial charge in [-0.15, -0.1) is 0 Å². The fraction of sp³-hybridized carbons (Fsp3) is 0.168. The fourth-order valence-corrected chi connectivity index (χ4v) is 20.1. The van der Waals surface area contributed by atoms with Crippen LogP contribution in [0.1, 0.15) is 128 Å². The van der Waals surface area contributed by atoms with E-state index in [0.717, 1.165) is 11.4 Å². The van der Waals surface area contributed by atoms with E-state index in [1.807, 2.05) is 0 Å². The summed E-state index contributed by atoms with van der Waals surface area (Å²) in [5, 5.41) is 5.15. The van der Waals surface area contributed by atoms with E-state index < -0.39 is 5.41 Å². The lowest BCUT2D eigenvalue weighted by atomic mass is 9.20. The first-order chi connectivity index (χ1) is 51.6. The minimum absolute atomic E-state index is 0.0216. The summed E-state index contributed by atoms with van der Waals surface area (Å²) in [6.07, 6.45) is 0. The van der Waals surface area contributed by atoms with E-state index in [-0.39, 0.29) is 48.5 Å². The van der Waals surface area contributed by atoms with Crippen molar-refractivity contribution in [1.82, 2.24) is 9.13 Å². The van der Waals surface area contributed by atoms with Crippen molar-refractivity contribution in [2.24, 2.45) is 0 Å². The normalized spacial score (nSPS) is 14.2. The van der Waals surface area contributed by atoms with Gasteiger partial charge in [-0.2, -0.15) is 0 Å². The Bertz CT molecular complexity index is 5840. The zero-order valence-electron chi connectivity index (χ0n) is 63.6. The van der Waals surface area contributed by atoms with Crippen LogP contribution in [0.4, 0.5) is 0 Å². The SMILES string of the molecule is CC(C)(C)c1ccc2c(c1)c1cc(C(C)(C)C)ccc1n2-c1ccc2c(c1)-c1c(ccc3c1B(c1ccccc1)c1ccccc1B3c1ccccc1)C21c2ccc(-n3c4ccc(C(C)(C)C)cc4c4cc(C(C)(C)C)ccc43)cc2-c2c1ccc1c2B(c2ccccc2)c2ccccc2B1c1ccccc1. The largest absolute Gasteiger partial charge is 0.309 e. The number of aromatic nitrogens is 2. The number of fused-ring (bicyclic) bond motifs is 22. The molecule has 20 rings (SSSR count). The Morgan fingerprint density at radius 3 is 0.785 bits per heavy atom. The first kappa shape index (κ1) is 65.5. The predicted molar refractivity (Wildman–Crippen MR) is 463 cm³/mol. The van der Waals surface area contributed by atoms with Crippen molar-refractivity contribution < 1.29 is 0 Å². The minimum Gasteiger partial charge on any atom is -0.309 e. The van der Waals surface area contributed by atoms with E-state index >= 15 is 0 Å². The Morgan fingerprint density at radius 1 is 0.234 bits per heavy atom. The maximum absolute atomic E-state index is 2.65. The van der Waals surface area contributed by atoms with Gasteiger partial charge in [0.1, 0.15) is 0 Å². The van der Waals surface area contributed by atoms with Crippen LogP contribution < -0.4 is 65.6 Å². The molecule has 0 saturated carbocycles. The smallest absolute Gasteiger partial charge is 0.240 e. The topological polar surface area (TPSA) is 9.86 Å². The van der Waals surface area contributed by atoms with Gasteiger partial charge in [-0.1, -0.05) is 379 Å². The number of benzene rings is 14. The molecule has 107 heavy (non-hydrogen) atoms. The molecule has 6 heteroatoms. The third-order valence-corrected chi connectivity index (χ3v) is 25.2. The summed E-state index contributed by atoms with van der Waals surface area (Å²) in [6, 6.07) is 120. The van der Waals surface area contributed by atoms with Gasteiger partial charge < -0.3 is 9.13 Å². The predicted octanol–water partition coefficient (Wildman–Crippen LogP) is 16.1. The average molecular weight is 1370 g/mol. The maximum Gasteiger partial charge on any atom is 0.240 e. The van der Waals surface area contributed by atoms with E-state index in [1.54, 1.807) is 0 Å². The lowest BCUT2D eigenvalue weighted by Gasteiger charge is -2.36. The summed E-state index contributed by atoms with van der Waals surface area (Å²) >= 11 is 0. The molecule has 0 radical (unpaired) electrons. The fourth-order valence-electron chi connectivity index (χ4n) is 20.1.